The third kappa shape index (κ3) is 2.53. The summed E-state index contributed by atoms with van der Waals surface area (Å²) >= 11 is 0. The summed E-state index contributed by atoms with van der Waals surface area (Å²) in [4.78, 5) is 4.48. The average molecular weight is 236 g/mol. The minimum atomic E-state index is 0.0838. The molecular formula is C13H24N4. The highest BCUT2D eigenvalue weighted by molar-refractivity contribution is 5.26. The molecular weight excluding hydrogens is 212 g/mol. The van der Waals surface area contributed by atoms with E-state index in [0.717, 1.165) is 12.2 Å². The van der Waals surface area contributed by atoms with Crippen LogP contribution in [0.4, 0.5) is 0 Å². The van der Waals surface area contributed by atoms with Gasteiger partial charge in [0.05, 0.1) is 0 Å². The van der Waals surface area contributed by atoms with Crippen LogP contribution in [0, 0.1) is 0 Å². The number of rotatable bonds is 5. The maximum absolute atomic E-state index is 4.05. The molecule has 4 nitrogen and oxygen atoms in total. The van der Waals surface area contributed by atoms with Crippen molar-refractivity contribution in [2.24, 2.45) is 0 Å². The predicted octanol–water partition coefficient (Wildman–Crippen LogP) is 1.92. The number of nitrogens with zero attached hydrogens (tertiary/aromatic N) is 3. The zero-order chi connectivity index (χ0) is 13.2. The van der Waals surface area contributed by atoms with Crippen LogP contribution in [0.15, 0.2) is 36.3 Å². The summed E-state index contributed by atoms with van der Waals surface area (Å²) in [5.74, 6) is 0. The van der Waals surface area contributed by atoms with Gasteiger partial charge < -0.3 is 9.80 Å². The van der Waals surface area contributed by atoms with Gasteiger partial charge in [-0.05, 0) is 26.8 Å². The zero-order valence-corrected chi connectivity index (χ0v) is 11.6. The van der Waals surface area contributed by atoms with E-state index in [1.165, 1.54) is 11.4 Å². The van der Waals surface area contributed by atoms with Crippen molar-refractivity contribution in [3.05, 3.63) is 36.3 Å². The van der Waals surface area contributed by atoms with Gasteiger partial charge >= 0.3 is 0 Å². The first-order valence-electron chi connectivity index (χ1n) is 5.92. The number of hydrogen-bond donors (Lipinski definition) is 1. The quantitative estimate of drug-likeness (QED) is 0.581. The molecule has 0 radical (unpaired) electrons. The lowest BCUT2D eigenvalue weighted by Gasteiger charge is -2.36. The van der Waals surface area contributed by atoms with Crippen molar-refractivity contribution in [2.45, 2.75) is 27.1 Å². The Balaban J connectivity index is 3.05. The lowest BCUT2D eigenvalue weighted by atomic mass is 10.3. The van der Waals surface area contributed by atoms with Crippen LogP contribution in [-0.2, 0) is 0 Å². The molecule has 1 atom stereocenters. The van der Waals surface area contributed by atoms with E-state index < -0.39 is 0 Å². The molecule has 1 N–H and O–H groups in total. The molecule has 0 saturated heterocycles. The normalized spacial score (nSPS) is 20.5. The van der Waals surface area contributed by atoms with Gasteiger partial charge in [-0.1, -0.05) is 13.2 Å². The van der Waals surface area contributed by atoms with Crippen molar-refractivity contribution in [1.29, 1.82) is 0 Å². The van der Waals surface area contributed by atoms with Gasteiger partial charge in [-0.25, -0.2) is 10.4 Å². The molecule has 0 aliphatic carbocycles. The summed E-state index contributed by atoms with van der Waals surface area (Å²) in [6.07, 6.45) is 1.88. The maximum Gasteiger partial charge on any atom is 0.174 e. The predicted molar refractivity (Wildman–Crippen MR) is 72.5 cm³/mol. The van der Waals surface area contributed by atoms with Crippen molar-refractivity contribution in [1.82, 2.24) is 20.2 Å². The van der Waals surface area contributed by atoms with Gasteiger partial charge in [-0.15, -0.1) is 0 Å². The minimum Gasteiger partial charge on any atom is -0.340 e. The third-order valence-electron chi connectivity index (χ3n) is 3.11. The molecule has 0 aromatic carbocycles. The molecule has 1 heterocycles. The largest absolute Gasteiger partial charge is 0.340 e. The maximum atomic E-state index is 4.05. The second kappa shape index (κ2) is 5.38. The fourth-order valence-corrected chi connectivity index (χ4v) is 2.13. The van der Waals surface area contributed by atoms with E-state index >= 15 is 0 Å². The van der Waals surface area contributed by atoms with Crippen LogP contribution in [0.3, 0.4) is 0 Å². The van der Waals surface area contributed by atoms with E-state index in [1.807, 2.05) is 19.1 Å². The van der Waals surface area contributed by atoms with Crippen LogP contribution in [0.25, 0.3) is 0 Å². The van der Waals surface area contributed by atoms with E-state index in [1.54, 1.807) is 6.08 Å². The van der Waals surface area contributed by atoms with Gasteiger partial charge in [0, 0.05) is 37.7 Å². The van der Waals surface area contributed by atoms with E-state index in [0.29, 0.717) is 0 Å². The molecule has 1 aliphatic rings. The number of hydrogen-bond acceptors (Lipinski definition) is 4. The van der Waals surface area contributed by atoms with Crippen LogP contribution in [0.5, 0.6) is 0 Å². The highest BCUT2D eigenvalue weighted by atomic mass is 15.6. The molecule has 96 valence electrons. The Hall–Kier alpha value is -1.26. The topological polar surface area (TPSA) is 21.8 Å². The lowest BCUT2D eigenvalue weighted by molar-refractivity contribution is 0.0658. The Labute approximate surface area is 105 Å². The Bertz CT molecular complexity index is 343. The van der Waals surface area contributed by atoms with Crippen molar-refractivity contribution < 1.29 is 0 Å². The van der Waals surface area contributed by atoms with Gasteiger partial charge in [-0.3, -0.25) is 0 Å². The first kappa shape index (κ1) is 13.8. The second-order valence-electron chi connectivity index (χ2n) is 4.42. The smallest absolute Gasteiger partial charge is 0.174 e. The molecule has 0 saturated carbocycles. The molecule has 17 heavy (non-hydrogen) atoms. The molecule has 0 fully saturated rings. The fourth-order valence-electron chi connectivity index (χ4n) is 2.13. The van der Waals surface area contributed by atoms with Crippen molar-refractivity contribution in [2.75, 3.05) is 20.6 Å². The van der Waals surface area contributed by atoms with Gasteiger partial charge in [-0.2, -0.15) is 0 Å². The van der Waals surface area contributed by atoms with Crippen molar-refractivity contribution in [3.63, 3.8) is 0 Å². The van der Waals surface area contributed by atoms with Crippen LogP contribution in [0.2, 0.25) is 0 Å². The molecule has 0 bridgehead atoms. The SMILES string of the molecule is C=CC(=C)N1C(C)=C(C)N(CC)C1NN(C)C. The zero-order valence-electron chi connectivity index (χ0n) is 11.6. The van der Waals surface area contributed by atoms with Gasteiger partial charge in [0.25, 0.3) is 0 Å². The molecule has 0 spiro atoms. The Morgan fingerprint density at radius 1 is 1.41 bits per heavy atom. The monoisotopic (exact) mass is 236 g/mol. The number of allylic oxidation sites excluding steroid dienone is 3. The van der Waals surface area contributed by atoms with Crippen LogP contribution < -0.4 is 5.43 Å². The summed E-state index contributed by atoms with van der Waals surface area (Å²) in [6.45, 7) is 15.2. The molecule has 0 aromatic heterocycles. The molecule has 1 unspecified atom stereocenters. The first-order valence-corrected chi connectivity index (χ1v) is 5.92. The lowest BCUT2D eigenvalue weighted by Crippen LogP contribution is -2.54. The minimum absolute atomic E-state index is 0.0838. The molecule has 1 rings (SSSR count). The molecule has 1 aliphatic heterocycles. The summed E-state index contributed by atoms with van der Waals surface area (Å²) in [5, 5.41) is 1.96. The average Bonchev–Trinajstić information content (AvgIpc) is 2.50. The first-order chi connectivity index (χ1) is 7.93. The molecule has 0 amide bonds. The number of hydrazine groups is 1. The summed E-state index contributed by atoms with van der Waals surface area (Å²) in [5.41, 5.74) is 6.81. The number of nitrogens with one attached hydrogen (secondary N) is 1. The van der Waals surface area contributed by atoms with Crippen molar-refractivity contribution >= 4 is 0 Å². The van der Waals surface area contributed by atoms with Crippen LogP contribution in [0.1, 0.15) is 20.8 Å². The Morgan fingerprint density at radius 3 is 2.41 bits per heavy atom. The van der Waals surface area contributed by atoms with E-state index in [9.17, 15) is 0 Å². The van der Waals surface area contributed by atoms with E-state index in [-0.39, 0.29) is 6.29 Å². The molecule has 4 heteroatoms. The van der Waals surface area contributed by atoms with E-state index in [4.69, 9.17) is 0 Å². The summed E-state index contributed by atoms with van der Waals surface area (Å²) < 4.78 is 0. The highest BCUT2D eigenvalue weighted by Crippen LogP contribution is 2.30. The van der Waals surface area contributed by atoms with Crippen LogP contribution >= 0.6 is 0 Å². The summed E-state index contributed by atoms with van der Waals surface area (Å²) in [7, 11) is 3.98. The third-order valence-corrected chi connectivity index (χ3v) is 3.11. The van der Waals surface area contributed by atoms with Crippen LogP contribution in [-0.4, -0.2) is 41.7 Å². The van der Waals surface area contributed by atoms with Gasteiger partial charge in [0.1, 0.15) is 0 Å². The highest BCUT2D eigenvalue weighted by Gasteiger charge is 2.34. The van der Waals surface area contributed by atoms with Gasteiger partial charge in [0.2, 0.25) is 0 Å². The van der Waals surface area contributed by atoms with Crippen molar-refractivity contribution in [3.8, 4) is 0 Å². The fraction of sp³-hybridized carbons (Fsp3) is 0.538. The molecule has 0 aromatic rings. The second-order valence-corrected chi connectivity index (χ2v) is 4.42. The standard InChI is InChI=1S/C13H24N4/c1-8-10(3)17-12(5)11(4)16(9-2)13(17)14-15(6)7/h8,13-14H,1,3,9H2,2,4-7H3. The van der Waals surface area contributed by atoms with Gasteiger partial charge in [0.15, 0.2) is 6.29 Å². The summed E-state index contributed by atoms with van der Waals surface area (Å²) in [6, 6.07) is 0. The van der Waals surface area contributed by atoms with E-state index in [2.05, 4.69) is 49.2 Å². The Kier molecular flexibility index (Phi) is 4.37. The Morgan fingerprint density at radius 2 is 2.00 bits per heavy atom.